The van der Waals surface area contributed by atoms with E-state index in [-0.39, 0.29) is 11.9 Å². The van der Waals surface area contributed by atoms with E-state index in [2.05, 4.69) is 27.0 Å². The maximum Gasteiger partial charge on any atom is 0.220 e. The normalized spacial score (nSPS) is 24.8. The van der Waals surface area contributed by atoms with E-state index < -0.39 is 0 Å². The molecule has 0 unspecified atom stereocenters. The van der Waals surface area contributed by atoms with Crippen molar-refractivity contribution in [2.24, 2.45) is 0 Å². The molecule has 6 nitrogen and oxygen atoms in total. The number of amides is 1. The second-order valence-corrected chi connectivity index (χ2v) is 5.97. The number of aromatic nitrogens is 3. The molecular weight excluding hydrogens is 268 g/mol. The summed E-state index contributed by atoms with van der Waals surface area (Å²) in [4.78, 5) is 12.1. The van der Waals surface area contributed by atoms with Crippen LogP contribution in [0.1, 0.15) is 50.7 Å². The van der Waals surface area contributed by atoms with Crippen LogP contribution in [-0.2, 0) is 28.9 Å². The summed E-state index contributed by atoms with van der Waals surface area (Å²) >= 11 is 0. The largest absolute Gasteiger partial charge is 0.378 e. The van der Waals surface area contributed by atoms with E-state index in [9.17, 15) is 4.79 Å². The third kappa shape index (κ3) is 3.43. The van der Waals surface area contributed by atoms with E-state index in [1.54, 1.807) is 0 Å². The second kappa shape index (κ2) is 6.56. The Morgan fingerprint density at radius 1 is 1.43 bits per heavy atom. The van der Waals surface area contributed by atoms with Gasteiger partial charge in [0.25, 0.3) is 0 Å². The molecule has 2 aliphatic heterocycles. The van der Waals surface area contributed by atoms with Crippen molar-refractivity contribution in [2.75, 3.05) is 6.61 Å². The highest BCUT2D eigenvalue weighted by atomic mass is 16.5. The molecule has 2 aliphatic rings. The maximum atomic E-state index is 12.1. The quantitative estimate of drug-likeness (QED) is 0.886. The van der Waals surface area contributed by atoms with E-state index in [4.69, 9.17) is 4.74 Å². The number of carbonyl (C=O) groups is 1. The topological polar surface area (TPSA) is 69.0 Å². The summed E-state index contributed by atoms with van der Waals surface area (Å²) in [6.45, 7) is 3.74. The Morgan fingerprint density at radius 3 is 3.10 bits per heavy atom. The molecule has 0 radical (unpaired) electrons. The van der Waals surface area contributed by atoms with Crippen LogP contribution in [-0.4, -0.2) is 39.4 Å². The van der Waals surface area contributed by atoms with Gasteiger partial charge in [0.1, 0.15) is 11.6 Å². The molecule has 116 valence electrons. The molecule has 6 heteroatoms. The minimum absolute atomic E-state index is 0.144. The molecule has 1 aromatic heterocycles. The number of hydrogen-bond acceptors (Lipinski definition) is 4. The summed E-state index contributed by atoms with van der Waals surface area (Å²) < 4.78 is 7.72. The highest BCUT2D eigenvalue weighted by Crippen LogP contribution is 2.18. The van der Waals surface area contributed by atoms with Gasteiger partial charge in [0.05, 0.1) is 6.10 Å². The van der Waals surface area contributed by atoms with Gasteiger partial charge in [0.15, 0.2) is 0 Å². The molecule has 1 fully saturated rings. The number of fused-ring (bicyclic) bond motifs is 1. The molecule has 0 spiro atoms. The summed E-state index contributed by atoms with van der Waals surface area (Å²) in [6.07, 6.45) is 6.65. The van der Waals surface area contributed by atoms with Crippen molar-refractivity contribution in [2.45, 2.75) is 70.6 Å². The van der Waals surface area contributed by atoms with Crippen LogP contribution in [0, 0.1) is 0 Å². The lowest BCUT2D eigenvalue weighted by molar-refractivity contribution is -0.122. The van der Waals surface area contributed by atoms with E-state index in [1.807, 2.05) is 0 Å². The number of nitrogens with one attached hydrogen (secondary N) is 1. The Hall–Kier alpha value is -1.43. The molecule has 1 N–H and O–H groups in total. The number of ether oxygens (including phenoxy) is 1. The van der Waals surface area contributed by atoms with Crippen LogP contribution in [0.5, 0.6) is 0 Å². The minimum atomic E-state index is 0.144. The van der Waals surface area contributed by atoms with Crippen molar-refractivity contribution in [3.63, 3.8) is 0 Å². The van der Waals surface area contributed by atoms with E-state index in [0.29, 0.717) is 12.5 Å². The van der Waals surface area contributed by atoms with Crippen LogP contribution >= 0.6 is 0 Å². The predicted molar refractivity (Wildman–Crippen MR) is 77.9 cm³/mol. The number of carbonyl (C=O) groups excluding carboxylic acids is 1. The van der Waals surface area contributed by atoms with Crippen LogP contribution < -0.4 is 5.32 Å². The van der Waals surface area contributed by atoms with Crippen molar-refractivity contribution in [1.82, 2.24) is 20.1 Å². The maximum absolute atomic E-state index is 12.1. The molecule has 1 saturated heterocycles. The summed E-state index contributed by atoms with van der Waals surface area (Å²) in [5.41, 5.74) is 0. The fourth-order valence-corrected chi connectivity index (χ4v) is 3.23. The first kappa shape index (κ1) is 14.5. The van der Waals surface area contributed by atoms with Gasteiger partial charge in [-0.3, -0.25) is 4.79 Å². The molecule has 0 aromatic carbocycles. The van der Waals surface area contributed by atoms with Crippen molar-refractivity contribution < 1.29 is 9.53 Å². The standard InChI is InChI=1S/C15H24N4O2/c1-2-13-17-18-14-7-5-11(10-19(13)14)16-15(20)8-6-12-4-3-9-21-12/h11-12H,2-10H2,1H3,(H,16,20)/t11-,12+/m0/s1. The van der Waals surface area contributed by atoms with Gasteiger partial charge in [-0.25, -0.2) is 0 Å². The molecule has 0 aliphatic carbocycles. The third-order valence-corrected chi connectivity index (χ3v) is 4.42. The van der Waals surface area contributed by atoms with Gasteiger partial charge in [-0.2, -0.15) is 0 Å². The molecule has 3 rings (SSSR count). The van der Waals surface area contributed by atoms with Gasteiger partial charge in [-0.05, 0) is 25.7 Å². The van der Waals surface area contributed by atoms with Crippen molar-refractivity contribution in [3.8, 4) is 0 Å². The van der Waals surface area contributed by atoms with E-state index in [1.165, 1.54) is 0 Å². The number of aryl methyl sites for hydroxylation is 2. The zero-order valence-electron chi connectivity index (χ0n) is 12.7. The van der Waals surface area contributed by atoms with Gasteiger partial charge < -0.3 is 14.6 Å². The monoisotopic (exact) mass is 292 g/mol. The lowest BCUT2D eigenvalue weighted by Crippen LogP contribution is -2.41. The lowest BCUT2D eigenvalue weighted by Gasteiger charge is -2.25. The highest BCUT2D eigenvalue weighted by molar-refractivity contribution is 5.76. The Bertz CT molecular complexity index is 480. The smallest absolute Gasteiger partial charge is 0.220 e. The van der Waals surface area contributed by atoms with Gasteiger partial charge >= 0.3 is 0 Å². The average Bonchev–Trinajstić information content (AvgIpc) is 3.14. The first-order valence-corrected chi connectivity index (χ1v) is 8.08. The highest BCUT2D eigenvalue weighted by Gasteiger charge is 2.24. The molecule has 21 heavy (non-hydrogen) atoms. The van der Waals surface area contributed by atoms with Crippen LogP contribution in [0.3, 0.4) is 0 Å². The Balaban J connectivity index is 1.48. The summed E-state index contributed by atoms with van der Waals surface area (Å²) in [5.74, 6) is 2.21. The predicted octanol–water partition coefficient (Wildman–Crippen LogP) is 1.23. The van der Waals surface area contributed by atoms with Crippen LogP contribution in [0.15, 0.2) is 0 Å². The molecule has 2 atom stereocenters. The van der Waals surface area contributed by atoms with Gasteiger partial charge in [-0.1, -0.05) is 6.92 Å². The van der Waals surface area contributed by atoms with Gasteiger partial charge in [0, 0.05) is 38.5 Å². The SMILES string of the molecule is CCc1nnc2n1C[C@@H](NC(=O)CC[C@H]1CCCO1)CC2. The molecule has 1 amide bonds. The molecule has 0 saturated carbocycles. The zero-order valence-corrected chi connectivity index (χ0v) is 12.7. The fraction of sp³-hybridized carbons (Fsp3) is 0.800. The molecular formula is C15H24N4O2. The first-order chi connectivity index (χ1) is 10.3. The van der Waals surface area contributed by atoms with Crippen LogP contribution in [0.2, 0.25) is 0 Å². The van der Waals surface area contributed by atoms with Crippen LogP contribution in [0.25, 0.3) is 0 Å². The van der Waals surface area contributed by atoms with Crippen molar-refractivity contribution in [3.05, 3.63) is 11.6 Å². The molecule has 3 heterocycles. The molecule has 0 bridgehead atoms. The third-order valence-electron chi connectivity index (χ3n) is 4.42. The Kier molecular flexibility index (Phi) is 4.53. The average molecular weight is 292 g/mol. The Morgan fingerprint density at radius 2 is 2.33 bits per heavy atom. The number of rotatable bonds is 5. The summed E-state index contributed by atoms with van der Waals surface area (Å²) in [6, 6.07) is 0.204. The van der Waals surface area contributed by atoms with E-state index in [0.717, 1.165) is 63.3 Å². The van der Waals surface area contributed by atoms with Gasteiger partial charge in [-0.15, -0.1) is 10.2 Å². The fourth-order valence-electron chi connectivity index (χ4n) is 3.23. The summed E-state index contributed by atoms with van der Waals surface area (Å²) in [5, 5.41) is 11.6. The van der Waals surface area contributed by atoms with Crippen molar-refractivity contribution >= 4 is 5.91 Å². The van der Waals surface area contributed by atoms with E-state index >= 15 is 0 Å². The van der Waals surface area contributed by atoms with Gasteiger partial charge in [0.2, 0.25) is 5.91 Å². The Labute approximate surface area is 125 Å². The van der Waals surface area contributed by atoms with Crippen molar-refractivity contribution in [1.29, 1.82) is 0 Å². The summed E-state index contributed by atoms with van der Waals surface area (Å²) in [7, 11) is 0. The lowest BCUT2D eigenvalue weighted by atomic mass is 10.1. The second-order valence-electron chi connectivity index (χ2n) is 5.97. The minimum Gasteiger partial charge on any atom is -0.378 e. The molecule has 1 aromatic rings. The number of hydrogen-bond donors (Lipinski definition) is 1. The van der Waals surface area contributed by atoms with Crippen LogP contribution in [0.4, 0.5) is 0 Å². The number of nitrogens with zero attached hydrogens (tertiary/aromatic N) is 3. The zero-order chi connectivity index (χ0) is 14.7. The first-order valence-electron chi connectivity index (χ1n) is 8.08.